The van der Waals surface area contributed by atoms with Crippen molar-refractivity contribution in [2.45, 2.75) is 40.2 Å². The van der Waals surface area contributed by atoms with E-state index in [-0.39, 0.29) is 24.0 Å². The van der Waals surface area contributed by atoms with Gasteiger partial charge in [-0.2, -0.15) is 0 Å². The second-order valence-electron chi connectivity index (χ2n) is 5.09. The monoisotopic (exact) mass is 257 g/mol. The van der Waals surface area contributed by atoms with Crippen molar-refractivity contribution >= 4 is 17.4 Å². The summed E-state index contributed by atoms with van der Waals surface area (Å²) in [6.07, 6.45) is 0.542. The first-order valence-corrected chi connectivity index (χ1v) is 6.34. The van der Waals surface area contributed by atoms with E-state index in [4.69, 9.17) is 5.11 Å². The van der Waals surface area contributed by atoms with E-state index in [9.17, 15) is 4.79 Å². The maximum Gasteiger partial charge on any atom is 0.265 e. The van der Waals surface area contributed by atoms with Crippen LogP contribution in [0.1, 0.15) is 42.6 Å². The number of nitrogens with zero attached hydrogens (tertiary/aromatic N) is 2. The van der Waals surface area contributed by atoms with E-state index in [1.54, 1.807) is 6.92 Å². The summed E-state index contributed by atoms with van der Waals surface area (Å²) in [6.45, 7) is 7.92. The van der Waals surface area contributed by atoms with Gasteiger partial charge >= 0.3 is 0 Å². The van der Waals surface area contributed by atoms with Crippen LogP contribution in [0.3, 0.4) is 0 Å². The fraction of sp³-hybridized carbons (Fsp3) is 0.727. The lowest BCUT2D eigenvalue weighted by Gasteiger charge is -2.30. The van der Waals surface area contributed by atoms with Crippen LogP contribution in [0.4, 0.5) is 0 Å². The first-order chi connectivity index (χ1) is 7.86. The molecule has 0 aromatic carbocycles. The van der Waals surface area contributed by atoms with Crippen molar-refractivity contribution in [1.82, 2.24) is 14.9 Å². The highest BCUT2D eigenvalue weighted by Crippen LogP contribution is 2.22. The van der Waals surface area contributed by atoms with Crippen molar-refractivity contribution in [3.8, 4) is 0 Å². The number of carbonyl (C=O) groups excluding carboxylic acids is 1. The largest absolute Gasteiger partial charge is 0.396 e. The summed E-state index contributed by atoms with van der Waals surface area (Å²) < 4.78 is 3.74. The van der Waals surface area contributed by atoms with Crippen LogP contribution < -0.4 is 5.32 Å². The van der Waals surface area contributed by atoms with Gasteiger partial charge in [0.05, 0.1) is 5.69 Å². The van der Waals surface area contributed by atoms with Gasteiger partial charge in [0.15, 0.2) is 0 Å². The van der Waals surface area contributed by atoms with E-state index in [0.717, 1.165) is 11.5 Å². The third-order valence-electron chi connectivity index (χ3n) is 2.63. The van der Waals surface area contributed by atoms with Crippen LogP contribution in [0.15, 0.2) is 0 Å². The molecule has 0 spiro atoms. The Bertz CT molecular complexity index is 384. The molecule has 96 valence electrons. The summed E-state index contributed by atoms with van der Waals surface area (Å²) in [7, 11) is 0. The average Bonchev–Trinajstić information content (AvgIpc) is 2.62. The topological polar surface area (TPSA) is 75.1 Å². The molecule has 1 aromatic heterocycles. The number of aromatic nitrogens is 2. The minimum atomic E-state index is -0.161. The number of carbonyl (C=O) groups is 1. The maximum absolute atomic E-state index is 12.0. The molecule has 1 amide bonds. The smallest absolute Gasteiger partial charge is 0.265 e. The second kappa shape index (κ2) is 5.55. The molecule has 5 nitrogen and oxygen atoms in total. The minimum absolute atomic E-state index is 0.0577. The quantitative estimate of drug-likeness (QED) is 0.854. The van der Waals surface area contributed by atoms with Gasteiger partial charge in [-0.15, -0.1) is 5.10 Å². The van der Waals surface area contributed by atoms with Crippen molar-refractivity contribution in [1.29, 1.82) is 0 Å². The SMILES string of the molecule is Cc1nnsc1C(=O)NC(CCO)C(C)(C)C. The van der Waals surface area contributed by atoms with Crippen LogP contribution in [-0.2, 0) is 0 Å². The Kier molecular flexibility index (Phi) is 4.59. The molecule has 1 heterocycles. The van der Waals surface area contributed by atoms with Gasteiger partial charge in [0.2, 0.25) is 0 Å². The normalized spacial score (nSPS) is 13.5. The number of amides is 1. The first-order valence-electron chi connectivity index (χ1n) is 5.57. The van der Waals surface area contributed by atoms with E-state index < -0.39 is 0 Å². The Morgan fingerprint density at radius 2 is 2.18 bits per heavy atom. The van der Waals surface area contributed by atoms with Gasteiger partial charge in [-0.3, -0.25) is 4.79 Å². The highest BCUT2D eigenvalue weighted by Gasteiger charge is 2.27. The Hall–Kier alpha value is -1.01. The lowest BCUT2D eigenvalue weighted by Crippen LogP contribution is -2.44. The Labute approximate surface area is 105 Å². The molecule has 0 fully saturated rings. The van der Waals surface area contributed by atoms with Crippen LogP contribution in [0, 0.1) is 12.3 Å². The average molecular weight is 257 g/mol. The summed E-state index contributed by atoms with van der Waals surface area (Å²) >= 11 is 1.09. The van der Waals surface area contributed by atoms with Crippen LogP contribution >= 0.6 is 11.5 Å². The highest BCUT2D eigenvalue weighted by atomic mass is 32.1. The van der Waals surface area contributed by atoms with Gasteiger partial charge in [-0.25, -0.2) is 0 Å². The molecule has 1 aromatic rings. The lowest BCUT2D eigenvalue weighted by atomic mass is 9.85. The molecule has 2 N–H and O–H groups in total. The Morgan fingerprint density at radius 3 is 2.59 bits per heavy atom. The van der Waals surface area contributed by atoms with Gasteiger partial charge in [0, 0.05) is 12.6 Å². The van der Waals surface area contributed by atoms with Gasteiger partial charge in [0.1, 0.15) is 4.88 Å². The molecule has 0 saturated heterocycles. The van der Waals surface area contributed by atoms with E-state index in [2.05, 4.69) is 14.9 Å². The molecular formula is C11H19N3O2S. The number of aliphatic hydroxyl groups is 1. The van der Waals surface area contributed by atoms with E-state index in [1.165, 1.54) is 0 Å². The molecule has 0 saturated carbocycles. The highest BCUT2D eigenvalue weighted by molar-refractivity contribution is 7.08. The van der Waals surface area contributed by atoms with Crippen molar-refractivity contribution in [2.75, 3.05) is 6.61 Å². The zero-order chi connectivity index (χ0) is 13.1. The molecule has 0 aliphatic carbocycles. The zero-order valence-electron chi connectivity index (χ0n) is 10.6. The van der Waals surface area contributed by atoms with Crippen molar-refractivity contribution in [3.63, 3.8) is 0 Å². The molecule has 6 heteroatoms. The fourth-order valence-electron chi connectivity index (χ4n) is 1.51. The number of nitrogens with one attached hydrogen (secondary N) is 1. The van der Waals surface area contributed by atoms with Gasteiger partial charge in [0.25, 0.3) is 5.91 Å². The summed E-state index contributed by atoms with van der Waals surface area (Å²) in [6, 6.07) is -0.0681. The molecule has 0 aliphatic rings. The predicted molar refractivity (Wildman–Crippen MR) is 67.1 cm³/mol. The van der Waals surface area contributed by atoms with Crippen molar-refractivity contribution in [2.24, 2.45) is 5.41 Å². The van der Waals surface area contributed by atoms with Crippen LogP contribution in [0.2, 0.25) is 0 Å². The molecule has 1 unspecified atom stereocenters. The maximum atomic E-state index is 12.0. The summed E-state index contributed by atoms with van der Waals surface area (Å²) in [4.78, 5) is 12.5. The molecule has 0 aliphatic heterocycles. The number of aryl methyl sites for hydroxylation is 1. The van der Waals surface area contributed by atoms with Gasteiger partial charge in [-0.05, 0) is 30.3 Å². The zero-order valence-corrected chi connectivity index (χ0v) is 11.5. The Morgan fingerprint density at radius 1 is 1.53 bits per heavy atom. The Balaban J connectivity index is 2.75. The van der Waals surface area contributed by atoms with Crippen LogP contribution in [0.5, 0.6) is 0 Å². The van der Waals surface area contributed by atoms with Crippen molar-refractivity contribution in [3.05, 3.63) is 10.6 Å². The van der Waals surface area contributed by atoms with Crippen LogP contribution in [-0.4, -0.2) is 33.2 Å². The molecular weight excluding hydrogens is 238 g/mol. The second-order valence-corrected chi connectivity index (χ2v) is 5.85. The number of aliphatic hydroxyl groups excluding tert-OH is 1. The molecule has 17 heavy (non-hydrogen) atoms. The summed E-state index contributed by atoms with van der Waals surface area (Å²) in [5.74, 6) is -0.161. The van der Waals surface area contributed by atoms with Gasteiger partial charge < -0.3 is 10.4 Å². The van der Waals surface area contributed by atoms with E-state index in [0.29, 0.717) is 17.0 Å². The third-order valence-corrected chi connectivity index (χ3v) is 3.45. The van der Waals surface area contributed by atoms with Crippen LogP contribution in [0.25, 0.3) is 0 Å². The molecule has 0 bridgehead atoms. The number of rotatable bonds is 4. The third kappa shape index (κ3) is 3.74. The minimum Gasteiger partial charge on any atom is -0.396 e. The van der Waals surface area contributed by atoms with Crippen molar-refractivity contribution < 1.29 is 9.90 Å². The fourth-order valence-corrected chi connectivity index (χ4v) is 2.07. The first kappa shape index (κ1) is 14.1. The van der Waals surface area contributed by atoms with E-state index in [1.807, 2.05) is 20.8 Å². The standard InChI is InChI=1S/C11H19N3O2S/c1-7-9(17-14-13-7)10(16)12-8(5-6-15)11(2,3)4/h8,15H,5-6H2,1-4H3,(H,12,16). The summed E-state index contributed by atoms with van der Waals surface area (Å²) in [5, 5.41) is 15.8. The van der Waals surface area contributed by atoms with Gasteiger partial charge in [-0.1, -0.05) is 25.3 Å². The number of hydrogen-bond donors (Lipinski definition) is 2. The van der Waals surface area contributed by atoms with E-state index >= 15 is 0 Å². The molecule has 0 radical (unpaired) electrons. The predicted octanol–water partition coefficient (Wildman–Crippen LogP) is 1.37. The molecule has 1 atom stereocenters. The summed E-state index contributed by atoms with van der Waals surface area (Å²) in [5.41, 5.74) is 0.550. The molecule has 1 rings (SSSR count). The lowest BCUT2D eigenvalue weighted by molar-refractivity contribution is 0.0888. The number of hydrogen-bond acceptors (Lipinski definition) is 5.